The lowest BCUT2D eigenvalue weighted by Crippen LogP contribution is -2.69. The molecule has 44 heavy (non-hydrogen) atoms. The Morgan fingerprint density at radius 2 is 1.50 bits per heavy atom. The van der Waals surface area contributed by atoms with E-state index in [0.29, 0.717) is 12.8 Å². The highest BCUT2D eigenvalue weighted by molar-refractivity contribution is 6.41. The normalized spacial score (nSPS) is 26.0. The number of benzene rings is 1. The van der Waals surface area contributed by atoms with Crippen LogP contribution in [0.3, 0.4) is 0 Å². The van der Waals surface area contributed by atoms with Crippen molar-refractivity contribution >= 4 is 23.1 Å². The first-order chi connectivity index (χ1) is 20.3. The van der Waals surface area contributed by atoms with Crippen LogP contribution in [0.15, 0.2) is 70.9 Å². The Kier molecular flexibility index (Phi) is 10.1. The van der Waals surface area contributed by atoms with Crippen LogP contribution in [0.4, 0.5) is 0 Å². The van der Waals surface area contributed by atoms with Gasteiger partial charge in [0.25, 0.3) is 0 Å². The number of aromatic hydroxyl groups is 2. The molecule has 4 atom stereocenters. The molecule has 0 heterocycles. The van der Waals surface area contributed by atoms with Gasteiger partial charge in [-0.05, 0) is 116 Å². The number of carbonyl (C=O) groups is 3. The van der Waals surface area contributed by atoms with Gasteiger partial charge in [-0.1, -0.05) is 60.9 Å². The number of aliphatic hydroxyl groups excluding tert-OH is 1. The lowest BCUT2D eigenvalue weighted by molar-refractivity contribution is -0.177. The largest absolute Gasteiger partial charge is 0.506 e. The van der Waals surface area contributed by atoms with Crippen molar-refractivity contribution in [2.75, 3.05) is 0 Å². The summed E-state index contributed by atoms with van der Waals surface area (Å²) in [5.74, 6) is -3.61. The van der Waals surface area contributed by atoms with Gasteiger partial charge >= 0.3 is 0 Å². The summed E-state index contributed by atoms with van der Waals surface area (Å²) < 4.78 is 0. The summed E-state index contributed by atoms with van der Waals surface area (Å²) in [5.41, 5.74) is -0.453. The minimum absolute atomic E-state index is 0.0110. The highest BCUT2D eigenvalue weighted by Gasteiger charge is 2.74. The van der Waals surface area contributed by atoms with Gasteiger partial charge in [-0.15, -0.1) is 0 Å². The molecule has 1 aromatic rings. The van der Waals surface area contributed by atoms with Gasteiger partial charge in [0.2, 0.25) is 0 Å². The van der Waals surface area contributed by atoms with Crippen molar-refractivity contribution in [3.63, 3.8) is 0 Å². The van der Waals surface area contributed by atoms with Crippen LogP contribution in [0, 0.1) is 28.1 Å². The van der Waals surface area contributed by atoms with E-state index in [9.17, 15) is 24.9 Å². The molecule has 2 aliphatic carbocycles. The molecule has 0 radical (unpaired) electrons. The van der Waals surface area contributed by atoms with Crippen LogP contribution in [0.25, 0.3) is 5.76 Å². The van der Waals surface area contributed by atoms with Crippen LogP contribution in [0.5, 0.6) is 11.5 Å². The van der Waals surface area contributed by atoms with Crippen molar-refractivity contribution in [1.82, 2.24) is 0 Å². The van der Waals surface area contributed by atoms with Gasteiger partial charge in [-0.2, -0.15) is 0 Å². The number of hydrogen-bond acceptors (Lipinski definition) is 6. The molecule has 2 aliphatic rings. The Morgan fingerprint density at radius 3 is 2.02 bits per heavy atom. The molecule has 0 saturated heterocycles. The van der Waals surface area contributed by atoms with Gasteiger partial charge in [0, 0.05) is 5.56 Å². The molecule has 0 aromatic heterocycles. The number of aliphatic hydroxyl groups is 1. The fourth-order valence-electron chi connectivity index (χ4n) is 7.08. The predicted octanol–water partition coefficient (Wildman–Crippen LogP) is 8.76. The maximum absolute atomic E-state index is 15.2. The highest BCUT2D eigenvalue weighted by Crippen LogP contribution is 2.66. The van der Waals surface area contributed by atoms with Crippen LogP contribution >= 0.6 is 0 Å². The second kappa shape index (κ2) is 12.7. The zero-order chi connectivity index (χ0) is 33.4. The van der Waals surface area contributed by atoms with E-state index in [1.54, 1.807) is 0 Å². The van der Waals surface area contributed by atoms with Gasteiger partial charge in [-0.25, -0.2) is 0 Å². The third-order valence-electron chi connectivity index (χ3n) is 10.0. The zero-order valence-corrected chi connectivity index (χ0v) is 27.9. The van der Waals surface area contributed by atoms with Gasteiger partial charge in [0.15, 0.2) is 28.8 Å². The van der Waals surface area contributed by atoms with Gasteiger partial charge in [0.1, 0.15) is 16.7 Å². The molecule has 6 heteroatoms. The lowest BCUT2D eigenvalue weighted by Gasteiger charge is -2.60. The van der Waals surface area contributed by atoms with Crippen LogP contribution in [-0.4, -0.2) is 32.7 Å². The van der Waals surface area contributed by atoms with Crippen molar-refractivity contribution in [3.8, 4) is 11.5 Å². The summed E-state index contributed by atoms with van der Waals surface area (Å²) in [4.78, 5) is 44.9. The average Bonchev–Trinajstić information content (AvgIpc) is 2.91. The van der Waals surface area contributed by atoms with E-state index in [1.165, 1.54) is 12.1 Å². The van der Waals surface area contributed by atoms with Crippen LogP contribution in [0.2, 0.25) is 0 Å². The smallest absolute Gasteiger partial charge is 0.184 e. The van der Waals surface area contributed by atoms with E-state index in [-0.39, 0.29) is 42.4 Å². The van der Waals surface area contributed by atoms with Gasteiger partial charge < -0.3 is 15.3 Å². The quantitative estimate of drug-likeness (QED) is 0.0616. The molecular formula is C38H50O6. The molecule has 1 aromatic carbocycles. The van der Waals surface area contributed by atoms with Crippen molar-refractivity contribution in [2.45, 2.75) is 94.4 Å². The Labute approximate surface area is 263 Å². The first kappa shape index (κ1) is 34.8. The lowest BCUT2D eigenvalue weighted by atomic mass is 9.38. The zero-order valence-electron chi connectivity index (χ0n) is 27.9. The summed E-state index contributed by atoms with van der Waals surface area (Å²) in [5, 5.41) is 31.7. The summed E-state index contributed by atoms with van der Waals surface area (Å²) >= 11 is 0. The van der Waals surface area contributed by atoms with E-state index < -0.39 is 50.6 Å². The van der Waals surface area contributed by atoms with Crippen molar-refractivity contribution in [3.05, 3.63) is 76.4 Å². The van der Waals surface area contributed by atoms with Crippen molar-refractivity contribution in [2.24, 2.45) is 28.1 Å². The van der Waals surface area contributed by atoms with Crippen molar-refractivity contribution in [1.29, 1.82) is 0 Å². The molecule has 0 spiro atoms. The number of Topliss-reactive ketones (excluding diaryl/α,β-unsaturated/α-hetero) is 3. The number of fused-ring (bicyclic) bond motifs is 2. The first-order valence-corrected chi connectivity index (χ1v) is 15.5. The molecule has 2 saturated carbocycles. The standard InChI is InChI=1S/C38H50O6/c1-22(2)11-13-27(25(7)8)20-37-21-28(15-12-23(3)4)36(9,10)38(35(37)44,18-17-24(5)6)34(43)31(33(37)42)32(41)26-14-16-29(39)30(40)19-26/h11-12,14,16-17,19,27-28,39-41H,7,13,15,18,20-21H2,1-6,8-10H3/t27-,28-,37+,38-/m0/s1. The van der Waals surface area contributed by atoms with E-state index in [4.69, 9.17) is 0 Å². The molecule has 0 amide bonds. The number of rotatable bonds is 10. The first-order valence-electron chi connectivity index (χ1n) is 15.5. The van der Waals surface area contributed by atoms with E-state index in [0.717, 1.165) is 28.4 Å². The fourth-order valence-corrected chi connectivity index (χ4v) is 7.08. The Hall–Kier alpha value is -3.67. The Bertz CT molecular complexity index is 1490. The Balaban J connectivity index is 2.47. The molecular weight excluding hydrogens is 552 g/mol. The number of carbonyl (C=O) groups excluding carboxylic acids is 3. The molecule has 2 fully saturated rings. The average molecular weight is 603 g/mol. The van der Waals surface area contributed by atoms with E-state index >= 15 is 4.79 Å². The van der Waals surface area contributed by atoms with Gasteiger partial charge in [-0.3, -0.25) is 14.4 Å². The molecule has 3 N–H and O–H groups in total. The second-order valence-corrected chi connectivity index (χ2v) is 14.3. The molecule has 0 unspecified atom stereocenters. The maximum Gasteiger partial charge on any atom is 0.184 e. The fraction of sp³-hybridized carbons (Fsp3) is 0.500. The summed E-state index contributed by atoms with van der Waals surface area (Å²) in [6, 6.07) is 3.65. The summed E-state index contributed by atoms with van der Waals surface area (Å²) in [6.07, 6.45) is 7.79. The Morgan fingerprint density at radius 1 is 0.909 bits per heavy atom. The van der Waals surface area contributed by atoms with Crippen LogP contribution in [-0.2, 0) is 14.4 Å². The third-order valence-corrected chi connectivity index (χ3v) is 10.0. The monoisotopic (exact) mass is 602 g/mol. The molecule has 6 nitrogen and oxygen atoms in total. The molecule has 0 aliphatic heterocycles. The summed E-state index contributed by atoms with van der Waals surface area (Å²) in [6.45, 7) is 21.9. The number of ketones is 3. The van der Waals surface area contributed by atoms with Gasteiger partial charge in [0.05, 0.1) is 5.41 Å². The maximum atomic E-state index is 15.2. The minimum atomic E-state index is -1.62. The number of hydrogen-bond donors (Lipinski definition) is 3. The third kappa shape index (κ3) is 6.00. The molecule has 238 valence electrons. The van der Waals surface area contributed by atoms with Crippen LogP contribution < -0.4 is 0 Å². The SMILES string of the molecule is C=C(C)[C@@H](CC=C(C)C)C[C@@]12C[C@H](CC=C(C)C)C(C)(C)[C@@](CC=C(C)C)(C(=O)C(=C(O)c3ccc(O)c(O)c3)C1=O)C2=O. The topological polar surface area (TPSA) is 112 Å². The minimum Gasteiger partial charge on any atom is -0.506 e. The highest BCUT2D eigenvalue weighted by atomic mass is 16.3. The second-order valence-electron chi connectivity index (χ2n) is 14.3. The predicted molar refractivity (Wildman–Crippen MR) is 176 cm³/mol. The number of allylic oxidation sites excluding steroid dienone is 8. The van der Waals surface area contributed by atoms with E-state index in [2.05, 4.69) is 18.7 Å². The summed E-state index contributed by atoms with van der Waals surface area (Å²) in [7, 11) is 0. The van der Waals surface area contributed by atoms with Crippen LogP contribution in [0.1, 0.15) is 100.0 Å². The number of phenolic OH excluding ortho intramolecular Hbond substituents is 2. The molecule has 2 bridgehead atoms. The van der Waals surface area contributed by atoms with E-state index in [1.807, 2.05) is 68.4 Å². The van der Waals surface area contributed by atoms with Crippen molar-refractivity contribution < 1.29 is 29.7 Å². The molecule has 3 rings (SSSR count). The number of phenols is 2.